The highest BCUT2D eigenvalue weighted by Crippen LogP contribution is 2.12. The molecule has 0 radical (unpaired) electrons. The van der Waals surface area contributed by atoms with Gasteiger partial charge in [0.05, 0.1) is 12.4 Å². The molecule has 2 rings (SSSR count). The molecular weight excluding hydrogens is 182 g/mol. The predicted molar refractivity (Wildman–Crippen MR) is 51.9 cm³/mol. The second kappa shape index (κ2) is 3.59. The van der Waals surface area contributed by atoms with Gasteiger partial charge in [-0.05, 0) is 0 Å². The summed E-state index contributed by atoms with van der Waals surface area (Å²) in [6.45, 7) is 1.29. The van der Waals surface area contributed by atoms with Crippen molar-refractivity contribution in [1.82, 2.24) is 15.1 Å². The first-order valence-corrected chi connectivity index (χ1v) is 4.30. The topological polar surface area (TPSA) is 81.1 Å². The van der Waals surface area contributed by atoms with Crippen molar-refractivity contribution in [2.45, 2.75) is 0 Å². The van der Waals surface area contributed by atoms with Gasteiger partial charge in [-0.25, -0.2) is 9.97 Å². The molecule has 0 saturated heterocycles. The van der Waals surface area contributed by atoms with Crippen LogP contribution < -0.4 is 10.6 Å². The number of nitrogens with two attached hydrogens (primary N) is 1. The third-order valence-electron chi connectivity index (χ3n) is 1.90. The maximum atomic E-state index is 5.43. The van der Waals surface area contributed by atoms with Crippen LogP contribution in [0.4, 0.5) is 5.95 Å². The molecule has 0 amide bonds. The molecule has 0 atom stereocenters. The Balaban J connectivity index is 2.33. The first-order chi connectivity index (χ1) is 6.81. The average Bonchev–Trinajstić information content (AvgIpc) is 2.64. The summed E-state index contributed by atoms with van der Waals surface area (Å²) >= 11 is 0. The van der Waals surface area contributed by atoms with E-state index in [0.717, 1.165) is 6.54 Å². The first kappa shape index (κ1) is 8.89. The van der Waals surface area contributed by atoms with E-state index in [-0.39, 0.29) is 0 Å². The number of rotatable bonds is 3. The van der Waals surface area contributed by atoms with Gasteiger partial charge in [0.15, 0.2) is 0 Å². The number of fused-ring (bicyclic) bond motifs is 1. The van der Waals surface area contributed by atoms with Crippen LogP contribution in [0.25, 0.3) is 11.1 Å². The minimum Gasteiger partial charge on any atom is -0.353 e. The number of hydrogen-bond donors (Lipinski definition) is 1. The van der Waals surface area contributed by atoms with Crippen LogP contribution in [0.5, 0.6) is 0 Å². The summed E-state index contributed by atoms with van der Waals surface area (Å²) in [5.41, 5.74) is 6.73. The molecule has 6 heteroatoms. The molecule has 2 aromatic heterocycles. The zero-order valence-corrected chi connectivity index (χ0v) is 7.84. The molecule has 0 aliphatic heterocycles. The van der Waals surface area contributed by atoms with Gasteiger partial charge in [0, 0.05) is 20.1 Å². The minimum atomic E-state index is 0.571. The Morgan fingerprint density at radius 1 is 1.50 bits per heavy atom. The van der Waals surface area contributed by atoms with Crippen LogP contribution in [-0.2, 0) is 0 Å². The van der Waals surface area contributed by atoms with Crippen molar-refractivity contribution in [1.29, 1.82) is 0 Å². The summed E-state index contributed by atoms with van der Waals surface area (Å²) in [6, 6.07) is 0. The van der Waals surface area contributed by atoms with Crippen molar-refractivity contribution < 1.29 is 4.52 Å². The zero-order valence-electron chi connectivity index (χ0n) is 7.84. The van der Waals surface area contributed by atoms with Crippen molar-refractivity contribution in [3.05, 3.63) is 12.4 Å². The van der Waals surface area contributed by atoms with E-state index >= 15 is 0 Å². The van der Waals surface area contributed by atoms with E-state index in [2.05, 4.69) is 15.1 Å². The average molecular weight is 193 g/mol. The largest absolute Gasteiger partial charge is 0.353 e. The molecule has 2 N–H and O–H groups in total. The molecule has 2 aromatic rings. The van der Waals surface area contributed by atoms with Crippen LogP contribution in [0.3, 0.4) is 0 Å². The molecular formula is C8H11N5O. The molecule has 74 valence electrons. The smallest absolute Gasteiger partial charge is 0.225 e. The lowest BCUT2D eigenvalue weighted by atomic mass is 10.5. The number of anilines is 1. The highest BCUT2D eigenvalue weighted by atomic mass is 16.5. The summed E-state index contributed by atoms with van der Waals surface area (Å²) in [5.74, 6) is 0.631. The third kappa shape index (κ3) is 1.51. The van der Waals surface area contributed by atoms with E-state index in [1.54, 1.807) is 12.4 Å². The number of aromatic nitrogens is 3. The second-order valence-corrected chi connectivity index (χ2v) is 2.96. The Morgan fingerprint density at radius 3 is 3.14 bits per heavy atom. The standard InChI is InChI=1S/C8H11N5O/c1-13(3-2-9)8-10-5-7-6(12-8)4-11-14-7/h4-5H,2-3,9H2,1H3. The molecule has 6 nitrogen and oxygen atoms in total. The van der Waals surface area contributed by atoms with Gasteiger partial charge in [0.1, 0.15) is 5.52 Å². The summed E-state index contributed by atoms with van der Waals surface area (Å²) in [6.07, 6.45) is 3.18. The van der Waals surface area contributed by atoms with Gasteiger partial charge in [0.2, 0.25) is 11.5 Å². The molecule has 14 heavy (non-hydrogen) atoms. The molecule has 0 unspecified atom stereocenters. The Kier molecular flexibility index (Phi) is 2.28. The minimum absolute atomic E-state index is 0.571. The maximum absolute atomic E-state index is 5.43. The van der Waals surface area contributed by atoms with E-state index in [9.17, 15) is 0 Å². The number of hydrogen-bond acceptors (Lipinski definition) is 6. The highest BCUT2D eigenvalue weighted by Gasteiger charge is 2.06. The van der Waals surface area contributed by atoms with Gasteiger partial charge < -0.3 is 15.2 Å². The van der Waals surface area contributed by atoms with Crippen molar-refractivity contribution in [3.63, 3.8) is 0 Å². The number of nitrogens with zero attached hydrogens (tertiary/aromatic N) is 4. The fourth-order valence-electron chi connectivity index (χ4n) is 1.15. The quantitative estimate of drug-likeness (QED) is 0.739. The van der Waals surface area contributed by atoms with E-state index in [1.165, 1.54) is 0 Å². The van der Waals surface area contributed by atoms with Crippen LogP contribution >= 0.6 is 0 Å². The van der Waals surface area contributed by atoms with E-state index in [0.29, 0.717) is 23.6 Å². The highest BCUT2D eigenvalue weighted by molar-refractivity contribution is 5.71. The van der Waals surface area contributed by atoms with Crippen LogP contribution in [0.15, 0.2) is 16.9 Å². The van der Waals surface area contributed by atoms with Gasteiger partial charge in [0.25, 0.3) is 0 Å². The molecule has 0 saturated carbocycles. The fraction of sp³-hybridized carbons (Fsp3) is 0.375. The Hall–Kier alpha value is -1.69. The van der Waals surface area contributed by atoms with Gasteiger partial charge in [-0.1, -0.05) is 5.16 Å². The fourth-order valence-corrected chi connectivity index (χ4v) is 1.15. The molecule has 0 bridgehead atoms. The normalized spacial score (nSPS) is 10.7. The summed E-state index contributed by atoms with van der Waals surface area (Å²) in [5, 5.41) is 3.63. The number of likely N-dealkylation sites (N-methyl/N-ethyl adjacent to an activating group) is 1. The lowest BCUT2D eigenvalue weighted by molar-refractivity contribution is 0.455. The molecule has 0 aromatic carbocycles. The van der Waals surface area contributed by atoms with Gasteiger partial charge in [-0.15, -0.1) is 0 Å². The van der Waals surface area contributed by atoms with Gasteiger partial charge >= 0.3 is 0 Å². The van der Waals surface area contributed by atoms with Crippen molar-refractivity contribution in [2.75, 3.05) is 25.0 Å². The van der Waals surface area contributed by atoms with Crippen LogP contribution in [-0.4, -0.2) is 35.3 Å². The molecule has 0 aliphatic rings. The first-order valence-electron chi connectivity index (χ1n) is 4.30. The van der Waals surface area contributed by atoms with E-state index < -0.39 is 0 Å². The maximum Gasteiger partial charge on any atom is 0.225 e. The van der Waals surface area contributed by atoms with E-state index in [4.69, 9.17) is 10.3 Å². The second-order valence-electron chi connectivity index (χ2n) is 2.96. The lowest BCUT2D eigenvalue weighted by Crippen LogP contribution is -2.26. The molecule has 0 fully saturated rings. The van der Waals surface area contributed by atoms with Crippen LogP contribution in [0, 0.1) is 0 Å². The van der Waals surface area contributed by atoms with Crippen molar-refractivity contribution in [3.8, 4) is 0 Å². The Labute approximate surface area is 80.7 Å². The Morgan fingerprint density at radius 2 is 2.36 bits per heavy atom. The molecule has 2 heterocycles. The van der Waals surface area contributed by atoms with Crippen molar-refractivity contribution >= 4 is 17.0 Å². The molecule has 0 aliphatic carbocycles. The summed E-state index contributed by atoms with van der Waals surface area (Å²) in [7, 11) is 1.89. The zero-order chi connectivity index (χ0) is 9.97. The summed E-state index contributed by atoms with van der Waals surface area (Å²) in [4.78, 5) is 10.3. The van der Waals surface area contributed by atoms with Gasteiger partial charge in [-0.2, -0.15) is 0 Å². The Bertz CT molecular complexity index is 426. The molecule has 0 spiro atoms. The summed E-state index contributed by atoms with van der Waals surface area (Å²) < 4.78 is 4.89. The van der Waals surface area contributed by atoms with Crippen molar-refractivity contribution in [2.24, 2.45) is 5.73 Å². The monoisotopic (exact) mass is 193 g/mol. The third-order valence-corrected chi connectivity index (χ3v) is 1.90. The van der Waals surface area contributed by atoms with Crippen LogP contribution in [0.1, 0.15) is 0 Å². The van der Waals surface area contributed by atoms with E-state index in [1.807, 2.05) is 11.9 Å². The SMILES string of the molecule is CN(CCN)c1ncc2oncc2n1. The van der Waals surface area contributed by atoms with Crippen LogP contribution in [0.2, 0.25) is 0 Å². The lowest BCUT2D eigenvalue weighted by Gasteiger charge is -2.14. The van der Waals surface area contributed by atoms with Gasteiger partial charge in [-0.3, -0.25) is 0 Å². The predicted octanol–water partition coefficient (Wildman–Crippen LogP) is 0.0127.